The molecule has 3 aromatic rings. The van der Waals surface area contributed by atoms with E-state index < -0.39 is 0 Å². The highest BCUT2D eigenvalue weighted by Gasteiger charge is 2.14. The third-order valence-corrected chi connectivity index (χ3v) is 5.87. The van der Waals surface area contributed by atoms with Crippen LogP contribution < -0.4 is 4.74 Å². The van der Waals surface area contributed by atoms with Crippen molar-refractivity contribution in [1.82, 2.24) is 4.90 Å². The largest absolute Gasteiger partial charge is 0.496 e. The van der Waals surface area contributed by atoms with Crippen molar-refractivity contribution in [3.63, 3.8) is 0 Å². The Labute approximate surface area is 192 Å². The molecule has 3 aromatic carbocycles. The summed E-state index contributed by atoms with van der Waals surface area (Å²) in [5.41, 5.74) is 6.75. The Hall–Kier alpha value is -3.33. The minimum absolute atomic E-state index is 0.0549. The molecule has 0 aliphatic carbocycles. The second-order valence-corrected chi connectivity index (χ2v) is 8.03. The Morgan fingerprint density at radius 3 is 2.38 bits per heavy atom. The van der Waals surface area contributed by atoms with Crippen molar-refractivity contribution in [2.45, 2.75) is 33.1 Å². The molecule has 3 rings (SSSR count). The summed E-state index contributed by atoms with van der Waals surface area (Å²) in [4.78, 5) is 14.9. The molecule has 32 heavy (non-hydrogen) atoms. The summed E-state index contributed by atoms with van der Waals surface area (Å²) < 4.78 is 5.46. The van der Waals surface area contributed by atoms with Crippen molar-refractivity contribution in [3.8, 4) is 5.75 Å². The number of ether oxygens (including phenoxy) is 1. The number of hydrogen-bond donors (Lipinski definition) is 0. The number of hydrogen-bond acceptors (Lipinski definition) is 2. The molecule has 0 spiro atoms. The molecule has 0 aliphatic heterocycles. The minimum Gasteiger partial charge on any atom is -0.496 e. The summed E-state index contributed by atoms with van der Waals surface area (Å²) in [6.45, 7) is 4.85. The summed E-state index contributed by atoms with van der Waals surface area (Å²) >= 11 is 0. The van der Waals surface area contributed by atoms with Crippen LogP contribution in [0.1, 0.15) is 52.9 Å². The van der Waals surface area contributed by atoms with E-state index in [1.54, 1.807) is 7.11 Å². The summed E-state index contributed by atoms with van der Waals surface area (Å²) in [5.74, 6) is 0.980. The van der Waals surface area contributed by atoms with Gasteiger partial charge in [-0.2, -0.15) is 0 Å². The Bertz CT molecular complexity index is 1070. The van der Waals surface area contributed by atoms with E-state index in [0.29, 0.717) is 6.54 Å². The molecule has 0 heterocycles. The SMILES string of the molecule is CC=C(CCN(C)C(=O)c1cccc(Cc2ccccc2)c1)c1ccc(OC)c(CC)c1. The molecule has 0 fully saturated rings. The van der Waals surface area contributed by atoms with Crippen LogP contribution in [0.3, 0.4) is 0 Å². The van der Waals surface area contributed by atoms with Gasteiger partial charge in [0.05, 0.1) is 7.11 Å². The highest BCUT2D eigenvalue weighted by Crippen LogP contribution is 2.26. The molecule has 1 amide bonds. The van der Waals surface area contributed by atoms with Gasteiger partial charge >= 0.3 is 0 Å². The average Bonchev–Trinajstić information content (AvgIpc) is 2.84. The van der Waals surface area contributed by atoms with E-state index in [-0.39, 0.29) is 5.91 Å². The lowest BCUT2D eigenvalue weighted by Crippen LogP contribution is -2.28. The first-order chi connectivity index (χ1) is 15.5. The van der Waals surface area contributed by atoms with E-state index in [2.05, 4.69) is 50.3 Å². The molecule has 0 aromatic heterocycles. The number of rotatable bonds is 9. The molecule has 0 atom stereocenters. The zero-order valence-corrected chi connectivity index (χ0v) is 19.6. The van der Waals surface area contributed by atoms with Gasteiger partial charge in [0, 0.05) is 19.2 Å². The van der Waals surface area contributed by atoms with E-state index in [9.17, 15) is 4.79 Å². The third-order valence-electron chi connectivity index (χ3n) is 5.87. The van der Waals surface area contributed by atoms with Gasteiger partial charge in [0.25, 0.3) is 5.91 Å². The molecule has 0 unspecified atom stereocenters. The molecular weight excluding hydrogens is 394 g/mol. The summed E-state index contributed by atoms with van der Waals surface area (Å²) in [7, 11) is 3.59. The van der Waals surface area contributed by atoms with E-state index in [1.165, 1.54) is 22.3 Å². The smallest absolute Gasteiger partial charge is 0.253 e. The van der Waals surface area contributed by atoms with E-state index in [4.69, 9.17) is 4.74 Å². The predicted octanol–water partition coefficient (Wildman–Crippen LogP) is 6.41. The number of benzene rings is 3. The highest BCUT2D eigenvalue weighted by atomic mass is 16.5. The van der Waals surface area contributed by atoms with Gasteiger partial charge in [-0.25, -0.2) is 0 Å². The summed E-state index contributed by atoms with van der Waals surface area (Å²) in [6.07, 6.45) is 4.69. The molecule has 0 radical (unpaired) electrons. The van der Waals surface area contributed by atoms with Gasteiger partial charge in [0.2, 0.25) is 0 Å². The molecule has 3 nitrogen and oxygen atoms in total. The number of carbonyl (C=O) groups excluding carboxylic acids is 1. The Kier molecular flexibility index (Phi) is 8.27. The fourth-order valence-electron chi connectivity index (χ4n) is 3.97. The van der Waals surface area contributed by atoms with Crippen LogP contribution in [0.5, 0.6) is 5.75 Å². The quantitative estimate of drug-likeness (QED) is 0.395. The van der Waals surface area contributed by atoms with Crippen molar-refractivity contribution in [3.05, 3.63) is 107 Å². The molecule has 0 N–H and O–H groups in total. The van der Waals surface area contributed by atoms with Crippen LogP contribution in [0.4, 0.5) is 0 Å². The summed E-state index contributed by atoms with van der Waals surface area (Å²) in [5, 5.41) is 0. The lowest BCUT2D eigenvalue weighted by molar-refractivity contribution is 0.0798. The number of amides is 1. The lowest BCUT2D eigenvalue weighted by Gasteiger charge is -2.19. The molecule has 3 heteroatoms. The minimum atomic E-state index is 0.0549. The van der Waals surface area contributed by atoms with Crippen LogP contribution in [-0.4, -0.2) is 31.5 Å². The topological polar surface area (TPSA) is 29.5 Å². The fourth-order valence-corrected chi connectivity index (χ4v) is 3.97. The van der Waals surface area contributed by atoms with Crippen LogP contribution in [0.15, 0.2) is 78.9 Å². The number of carbonyl (C=O) groups is 1. The molecule has 166 valence electrons. The van der Waals surface area contributed by atoms with Crippen LogP contribution in [0.25, 0.3) is 5.57 Å². The van der Waals surface area contributed by atoms with E-state index in [1.807, 2.05) is 54.4 Å². The second-order valence-electron chi connectivity index (χ2n) is 8.03. The number of aryl methyl sites for hydroxylation is 1. The number of nitrogens with zero attached hydrogens (tertiary/aromatic N) is 1. The first-order valence-corrected chi connectivity index (χ1v) is 11.3. The maximum absolute atomic E-state index is 13.1. The van der Waals surface area contributed by atoms with Crippen LogP contribution in [-0.2, 0) is 12.8 Å². The van der Waals surface area contributed by atoms with Gasteiger partial charge in [-0.3, -0.25) is 4.79 Å². The zero-order valence-electron chi connectivity index (χ0n) is 19.6. The van der Waals surface area contributed by atoms with Gasteiger partial charge in [-0.05, 0) is 78.3 Å². The van der Waals surface area contributed by atoms with Crippen molar-refractivity contribution in [1.29, 1.82) is 0 Å². The van der Waals surface area contributed by atoms with Gasteiger partial charge < -0.3 is 9.64 Å². The third kappa shape index (κ3) is 5.88. The van der Waals surface area contributed by atoms with E-state index >= 15 is 0 Å². The first-order valence-electron chi connectivity index (χ1n) is 11.3. The first kappa shape index (κ1) is 23.3. The van der Waals surface area contributed by atoms with Gasteiger partial charge in [-0.1, -0.05) is 61.5 Å². The number of allylic oxidation sites excluding steroid dienone is 1. The Morgan fingerprint density at radius 1 is 0.938 bits per heavy atom. The lowest BCUT2D eigenvalue weighted by atomic mass is 9.98. The molecule has 0 aliphatic rings. The maximum Gasteiger partial charge on any atom is 0.253 e. The fraction of sp³-hybridized carbons (Fsp3) is 0.276. The van der Waals surface area contributed by atoms with Crippen LogP contribution in [0.2, 0.25) is 0 Å². The van der Waals surface area contributed by atoms with Gasteiger partial charge in [-0.15, -0.1) is 0 Å². The molecule has 0 saturated heterocycles. The predicted molar refractivity (Wildman–Crippen MR) is 133 cm³/mol. The molecular formula is C29H33NO2. The van der Waals surface area contributed by atoms with Gasteiger partial charge in [0.1, 0.15) is 5.75 Å². The van der Waals surface area contributed by atoms with Crippen LogP contribution >= 0.6 is 0 Å². The Balaban J connectivity index is 1.66. The van der Waals surface area contributed by atoms with Crippen molar-refractivity contribution < 1.29 is 9.53 Å². The Morgan fingerprint density at radius 2 is 1.69 bits per heavy atom. The number of methoxy groups -OCH3 is 1. The molecule has 0 bridgehead atoms. The zero-order chi connectivity index (χ0) is 22.9. The highest BCUT2D eigenvalue weighted by molar-refractivity contribution is 5.94. The second kappa shape index (κ2) is 11.3. The van der Waals surface area contributed by atoms with Crippen molar-refractivity contribution in [2.75, 3.05) is 20.7 Å². The van der Waals surface area contributed by atoms with Crippen molar-refractivity contribution in [2.24, 2.45) is 0 Å². The van der Waals surface area contributed by atoms with Crippen LogP contribution in [0, 0.1) is 0 Å². The summed E-state index contributed by atoms with van der Waals surface area (Å²) in [6, 6.07) is 24.6. The maximum atomic E-state index is 13.1. The normalized spacial score (nSPS) is 11.3. The van der Waals surface area contributed by atoms with Gasteiger partial charge in [0.15, 0.2) is 0 Å². The average molecular weight is 428 g/mol. The van der Waals surface area contributed by atoms with Crippen molar-refractivity contribution >= 4 is 11.5 Å². The van der Waals surface area contributed by atoms with E-state index in [0.717, 1.165) is 36.1 Å². The standard InChI is InChI=1S/C29H33NO2/c1-5-24(26-15-16-28(32-4)25(6-2)21-26)17-18-30(3)29(31)27-14-10-13-23(20-27)19-22-11-8-7-9-12-22/h5,7-16,20-21H,6,17-19H2,1-4H3. The monoisotopic (exact) mass is 427 g/mol. The molecule has 0 saturated carbocycles.